The van der Waals surface area contributed by atoms with Crippen LogP contribution in [0.25, 0.3) is 0 Å². The van der Waals surface area contributed by atoms with Gasteiger partial charge in [-0.25, -0.2) is 0 Å². The summed E-state index contributed by atoms with van der Waals surface area (Å²) < 4.78 is 5.40. The predicted octanol–water partition coefficient (Wildman–Crippen LogP) is 1.90. The van der Waals surface area contributed by atoms with E-state index in [2.05, 4.69) is 42.3 Å². The van der Waals surface area contributed by atoms with E-state index in [-0.39, 0.29) is 0 Å². The van der Waals surface area contributed by atoms with Gasteiger partial charge in [0.1, 0.15) is 0 Å². The molecule has 1 saturated heterocycles. The third-order valence-electron chi connectivity index (χ3n) is 3.69. The molecule has 100 valence electrons. The highest BCUT2D eigenvalue weighted by molar-refractivity contribution is 5.33. The van der Waals surface area contributed by atoms with Crippen molar-refractivity contribution in [2.24, 2.45) is 0 Å². The van der Waals surface area contributed by atoms with Gasteiger partial charge >= 0.3 is 0 Å². The van der Waals surface area contributed by atoms with Crippen molar-refractivity contribution < 1.29 is 4.74 Å². The Morgan fingerprint density at radius 2 is 2.00 bits per heavy atom. The summed E-state index contributed by atoms with van der Waals surface area (Å²) in [4.78, 5) is 2.48. The lowest BCUT2D eigenvalue weighted by molar-refractivity contribution is 0.0338. The molecule has 1 N–H and O–H groups in total. The van der Waals surface area contributed by atoms with Gasteiger partial charge in [-0.2, -0.15) is 0 Å². The van der Waals surface area contributed by atoms with Crippen molar-refractivity contribution in [3.8, 4) is 0 Å². The zero-order valence-corrected chi connectivity index (χ0v) is 11.7. The molecule has 1 unspecified atom stereocenters. The fourth-order valence-electron chi connectivity index (χ4n) is 2.60. The van der Waals surface area contributed by atoms with Crippen LogP contribution in [0.2, 0.25) is 0 Å². The standard InChI is InChI=1S/C15H24N2O/c1-12-4-5-14(13(2)10-12)15(16-3)11-17-6-8-18-9-7-17/h4-5,10,15-16H,6-9,11H2,1-3H3. The first kappa shape index (κ1) is 13.5. The molecular weight excluding hydrogens is 224 g/mol. The summed E-state index contributed by atoms with van der Waals surface area (Å²) in [6, 6.07) is 7.13. The summed E-state index contributed by atoms with van der Waals surface area (Å²) in [7, 11) is 2.05. The second-order valence-corrected chi connectivity index (χ2v) is 5.11. The van der Waals surface area contributed by atoms with Gasteiger partial charge in [-0.05, 0) is 32.0 Å². The highest BCUT2D eigenvalue weighted by Gasteiger charge is 2.18. The summed E-state index contributed by atoms with van der Waals surface area (Å²) in [5.74, 6) is 0. The zero-order valence-electron chi connectivity index (χ0n) is 11.7. The number of hydrogen-bond acceptors (Lipinski definition) is 3. The Morgan fingerprint density at radius 3 is 2.61 bits per heavy atom. The van der Waals surface area contributed by atoms with E-state index in [0.29, 0.717) is 6.04 Å². The molecule has 1 atom stereocenters. The molecule has 18 heavy (non-hydrogen) atoms. The van der Waals surface area contributed by atoms with E-state index < -0.39 is 0 Å². The van der Waals surface area contributed by atoms with Crippen LogP contribution < -0.4 is 5.32 Å². The van der Waals surface area contributed by atoms with E-state index in [1.165, 1.54) is 16.7 Å². The number of rotatable bonds is 4. The van der Waals surface area contributed by atoms with Gasteiger partial charge in [-0.1, -0.05) is 23.8 Å². The average Bonchev–Trinajstić information content (AvgIpc) is 2.38. The van der Waals surface area contributed by atoms with Crippen LogP contribution in [0.4, 0.5) is 0 Å². The third kappa shape index (κ3) is 3.31. The molecule has 1 aliphatic heterocycles. The molecule has 1 aromatic carbocycles. The van der Waals surface area contributed by atoms with Crippen molar-refractivity contribution in [1.82, 2.24) is 10.2 Å². The Kier molecular flexibility index (Phi) is 4.75. The molecule has 1 heterocycles. The molecule has 2 rings (SSSR count). The van der Waals surface area contributed by atoms with E-state index >= 15 is 0 Å². The van der Waals surface area contributed by atoms with Gasteiger partial charge in [0.25, 0.3) is 0 Å². The van der Waals surface area contributed by atoms with Crippen molar-refractivity contribution in [3.05, 3.63) is 34.9 Å². The van der Waals surface area contributed by atoms with Crippen LogP contribution in [0, 0.1) is 13.8 Å². The second-order valence-electron chi connectivity index (χ2n) is 5.11. The monoisotopic (exact) mass is 248 g/mol. The topological polar surface area (TPSA) is 24.5 Å². The Hall–Kier alpha value is -0.900. The SMILES string of the molecule is CNC(CN1CCOCC1)c1ccc(C)cc1C. The maximum atomic E-state index is 5.40. The van der Waals surface area contributed by atoms with Crippen molar-refractivity contribution in [1.29, 1.82) is 0 Å². The van der Waals surface area contributed by atoms with Crippen LogP contribution in [0.15, 0.2) is 18.2 Å². The number of nitrogens with zero attached hydrogens (tertiary/aromatic N) is 1. The van der Waals surface area contributed by atoms with Crippen LogP contribution in [0.3, 0.4) is 0 Å². The minimum atomic E-state index is 0.406. The minimum absolute atomic E-state index is 0.406. The molecule has 0 amide bonds. The van der Waals surface area contributed by atoms with Gasteiger partial charge in [0.15, 0.2) is 0 Å². The zero-order chi connectivity index (χ0) is 13.0. The first-order valence-corrected chi connectivity index (χ1v) is 6.75. The number of benzene rings is 1. The van der Waals surface area contributed by atoms with Crippen molar-refractivity contribution in [2.45, 2.75) is 19.9 Å². The Morgan fingerprint density at radius 1 is 1.28 bits per heavy atom. The van der Waals surface area contributed by atoms with Crippen LogP contribution in [0.5, 0.6) is 0 Å². The first-order valence-electron chi connectivity index (χ1n) is 6.75. The number of aryl methyl sites for hydroxylation is 2. The van der Waals surface area contributed by atoms with Gasteiger partial charge < -0.3 is 10.1 Å². The largest absolute Gasteiger partial charge is 0.379 e. The molecule has 1 aliphatic rings. The minimum Gasteiger partial charge on any atom is -0.379 e. The highest BCUT2D eigenvalue weighted by atomic mass is 16.5. The summed E-state index contributed by atoms with van der Waals surface area (Å²) >= 11 is 0. The van der Waals surface area contributed by atoms with E-state index in [9.17, 15) is 0 Å². The van der Waals surface area contributed by atoms with Gasteiger partial charge in [-0.15, -0.1) is 0 Å². The molecular formula is C15H24N2O. The third-order valence-corrected chi connectivity index (χ3v) is 3.69. The first-order chi connectivity index (χ1) is 8.70. The molecule has 1 fully saturated rings. The number of nitrogens with one attached hydrogen (secondary N) is 1. The fraction of sp³-hybridized carbons (Fsp3) is 0.600. The van der Waals surface area contributed by atoms with Gasteiger partial charge in [0.2, 0.25) is 0 Å². The smallest absolute Gasteiger partial charge is 0.0594 e. The second kappa shape index (κ2) is 6.32. The Labute approximate surface area is 110 Å². The molecule has 0 aliphatic carbocycles. The fourth-order valence-corrected chi connectivity index (χ4v) is 2.60. The summed E-state index contributed by atoms with van der Waals surface area (Å²) in [6.07, 6.45) is 0. The van der Waals surface area contributed by atoms with Crippen LogP contribution in [0.1, 0.15) is 22.7 Å². The molecule has 0 saturated carbocycles. The molecule has 0 bridgehead atoms. The number of likely N-dealkylation sites (N-methyl/N-ethyl adjacent to an activating group) is 1. The van der Waals surface area contributed by atoms with Gasteiger partial charge in [0.05, 0.1) is 13.2 Å². The Balaban J connectivity index is 2.07. The van der Waals surface area contributed by atoms with E-state index in [0.717, 1.165) is 32.8 Å². The van der Waals surface area contributed by atoms with Crippen LogP contribution >= 0.6 is 0 Å². The highest BCUT2D eigenvalue weighted by Crippen LogP contribution is 2.20. The van der Waals surface area contributed by atoms with Crippen molar-refractivity contribution in [3.63, 3.8) is 0 Å². The van der Waals surface area contributed by atoms with E-state index in [1.807, 2.05) is 7.05 Å². The molecule has 0 radical (unpaired) electrons. The number of morpholine rings is 1. The van der Waals surface area contributed by atoms with Gasteiger partial charge in [0, 0.05) is 25.7 Å². The maximum absolute atomic E-state index is 5.40. The summed E-state index contributed by atoms with van der Waals surface area (Å²) in [5.41, 5.74) is 4.12. The van der Waals surface area contributed by atoms with E-state index in [1.54, 1.807) is 0 Å². The van der Waals surface area contributed by atoms with E-state index in [4.69, 9.17) is 4.74 Å². The lowest BCUT2D eigenvalue weighted by Crippen LogP contribution is -2.41. The average molecular weight is 248 g/mol. The lowest BCUT2D eigenvalue weighted by atomic mass is 9.99. The molecule has 0 aromatic heterocycles. The molecule has 1 aromatic rings. The number of ether oxygens (including phenoxy) is 1. The van der Waals surface area contributed by atoms with Gasteiger partial charge in [-0.3, -0.25) is 4.90 Å². The normalized spacial score (nSPS) is 18.8. The quantitative estimate of drug-likeness (QED) is 0.881. The van der Waals surface area contributed by atoms with Crippen LogP contribution in [-0.2, 0) is 4.74 Å². The summed E-state index contributed by atoms with van der Waals surface area (Å²) in [6.45, 7) is 9.22. The maximum Gasteiger partial charge on any atom is 0.0594 e. The molecule has 3 nitrogen and oxygen atoms in total. The molecule has 3 heteroatoms. The summed E-state index contributed by atoms with van der Waals surface area (Å²) in [5, 5.41) is 3.44. The Bertz CT molecular complexity index is 386. The van der Waals surface area contributed by atoms with Crippen molar-refractivity contribution >= 4 is 0 Å². The van der Waals surface area contributed by atoms with Crippen molar-refractivity contribution in [2.75, 3.05) is 39.9 Å². The predicted molar refractivity (Wildman–Crippen MR) is 75.0 cm³/mol. The van der Waals surface area contributed by atoms with Crippen LogP contribution in [-0.4, -0.2) is 44.8 Å². The number of hydrogen-bond donors (Lipinski definition) is 1. The molecule has 0 spiro atoms. The lowest BCUT2D eigenvalue weighted by Gasteiger charge is -2.31.